The summed E-state index contributed by atoms with van der Waals surface area (Å²) in [5.41, 5.74) is 3.87. The van der Waals surface area contributed by atoms with E-state index in [4.69, 9.17) is 5.10 Å². The molecule has 3 fully saturated rings. The van der Waals surface area contributed by atoms with Gasteiger partial charge in [-0.05, 0) is 50.2 Å². The lowest BCUT2D eigenvalue weighted by molar-refractivity contribution is 0.0409. The lowest BCUT2D eigenvalue weighted by Gasteiger charge is -2.48. The van der Waals surface area contributed by atoms with Gasteiger partial charge in [-0.15, -0.1) is 10.2 Å². The molecule has 0 bridgehead atoms. The maximum atomic E-state index is 12.8. The maximum absolute atomic E-state index is 12.8. The summed E-state index contributed by atoms with van der Waals surface area (Å²) in [6, 6.07) is 3.74. The average Bonchev–Trinajstić information content (AvgIpc) is 3.45. The first kappa shape index (κ1) is 16.9. The van der Waals surface area contributed by atoms with Crippen LogP contribution in [0.2, 0.25) is 0 Å². The first-order valence-corrected chi connectivity index (χ1v) is 10.1. The van der Waals surface area contributed by atoms with Crippen LogP contribution < -0.4 is 5.32 Å². The Hall–Kier alpha value is -2.28. The minimum absolute atomic E-state index is 0.00264. The van der Waals surface area contributed by atoms with Gasteiger partial charge in [-0.25, -0.2) is 0 Å². The Morgan fingerprint density at radius 1 is 1.22 bits per heavy atom. The monoisotopic (exact) mass is 366 g/mol. The summed E-state index contributed by atoms with van der Waals surface area (Å²) >= 11 is 0. The van der Waals surface area contributed by atoms with Crippen molar-refractivity contribution in [2.45, 2.75) is 45.1 Å². The fourth-order valence-corrected chi connectivity index (χ4v) is 4.22. The van der Waals surface area contributed by atoms with E-state index in [1.54, 1.807) is 0 Å². The van der Waals surface area contributed by atoms with Crippen LogP contribution in [0.5, 0.6) is 0 Å². The van der Waals surface area contributed by atoms with E-state index >= 15 is 0 Å². The van der Waals surface area contributed by atoms with Gasteiger partial charge in [0.2, 0.25) is 0 Å². The second-order valence-corrected chi connectivity index (χ2v) is 8.26. The number of aromatic nitrogens is 4. The van der Waals surface area contributed by atoms with E-state index in [1.165, 1.54) is 12.8 Å². The van der Waals surface area contributed by atoms with E-state index in [2.05, 4.69) is 28.6 Å². The Morgan fingerprint density at radius 3 is 2.56 bits per heavy atom. The summed E-state index contributed by atoms with van der Waals surface area (Å²) in [7, 11) is 0. The average molecular weight is 366 g/mol. The molecule has 7 nitrogen and oxygen atoms in total. The molecule has 7 heteroatoms. The molecule has 4 heterocycles. The number of aryl methyl sites for hydroxylation is 1. The van der Waals surface area contributed by atoms with Crippen LogP contribution in [0.3, 0.4) is 0 Å². The fourth-order valence-electron chi connectivity index (χ4n) is 4.22. The number of carbonyl (C=O) groups is 1. The van der Waals surface area contributed by atoms with Gasteiger partial charge in [0.1, 0.15) is 0 Å². The summed E-state index contributed by atoms with van der Waals surface area (Å²) in [5.74, 6) is 0.556. The van der Waals surface area contributed by atoms with Gasteiger partial charge in [0.05, 0.1) is 11.4 Å². The van der Waals surface area contributed by atoms with Crippen molar-refractivity contribution in [1.29, 1.82) is 0 Å². The first-order valence-electron chi connectivity index (χ1n) is 10.1. The Labute approximate surface area is 159 Å². The fraction of sp³-hybridized carbons (Fsp3) is 0.600. The van der Waals surface area contributed by atoms with Crippen molar-refractivity contribution in [2.24, 2.45) is 5.41 Å². The molecule has 5 rings (SSSR count). The van der Waals surface area contributed by atoms with Crippen LogP contribution in [0, 0.1) is 5.41 Å². The Morgan fingerprint density at radius 2 is 2.00 bits per heavy atom. The molecule has 1 aliphatic carbocycles. The van der Waals surface area contributed by atoms with Crippen LogP contribution >= 0.6 is 0 Å². The third-order valence-corrected chi connectivity index (χ3v) is 6.35. The lowest BCUT2D eigenvalue weighted by Crippen LogP contribution is -2.58. The second-order valence-electron chi connectivity index (χ2n) is 8.26. The number of nitrogens with zero attached hydrogens (tertiary/aromatic N) is 5. The molecule has 2 aromatic rings. The van der Waals surface area contributed by atoms with Crippen molar-refractivity contribution >= 4 is 5.91 Å². The Bertz CT molecular complexity index is 840. The molecule has 1 spiro atoms. The zero-order chi connectivity index (χ0) is 18.4. The van der Waals surface area contributed by atoms with E-state index in [0.717, 1.165) is 62.5 Å². The molecule has 1 amide bonds. The lowest BCUT2D eigenvalue weighted by atomic mass is 9.73. The van der Waals surface area contributed by atoms with E-state index in [-0.39, 0.29) is 5.91 Å². The van der Waals surface area contributed by atoms with Crippen molar-refractivity contribution in [1.82, 2.24) is 30.2 Å². The normalized spacial score (nSPS) is 21.3. The molecular weight excluding hydrogens is 340 g/mol. The summed E-state index contributed by atoms with van der Waals surface area (Å²) in [6.45, 7) is 6.76. The highest BCUT2D eigenvalue weighted by atomic mass is 16.2. The number of hydrogen-bond donors (Lipinski definition) is 1. The summed E-state index contributed by atoms with van der Waals surface area (Å²) in [5, 5.41) is 16.7. The van der Waals surface area contributed by atoms with E-state index in [0.29, 0.717) is 17.0 Å². The molecule has 0 unspecified atom stereocenters. The van der Waals surface area contributed by atoms with Gasteiger partial charge in [0, 0.05) is 50.4 Å². The number of hydrogen-bond acceptors (Lipinski definition) is 5. The molecule has 0 atom stereocenters. The highest BCUT2D eigenvalue weighted by Crippen LogP contribution is 2.43. The largest absolute Gasteiger partial charge is 0.337 e. The number of likely N-dealkylation sites (tertiary alicyclic amines) is 1. The Balaban J connectivity index is 1.32. The van der Waals surface area contributed by atoms with Crippen LogP contribution in [0.15, 0.2) is 18.3 Å². The van der Waals surface area contributed by atoms with Crippen molar-refractivity contribution in [3.63, 3.8) is 0 Å². The SMILES string of the molecule is CCn1cc(-c2ccc(C(=O)N3CCC4(CC3)CNC4)nn2)c(C2CC2)n1. The molecule has 1 saturated carbocycles. The molecule has 142 valence electrons. The minimum Gasteiger partial charge on any atom is -0.337 e. The number of piperidine rings is 1. The van der Waals surface area contributed by atoms with Gasteiger partial charge < -0.3 is 10.2 Å². The standard InChI is InChI=1S/C20H26N6O/c1-2-26-11-15(18(24-26)14-3-4-14)16-5-6-17(23-22-16)19(27)25-9-7-20(8-10-25)12-21-13-20/h5-6,11,14,21H,2-4,7-10,12-13H2,1H3. The van der Waals surface area contributed by atoms with Gasteiger partial charge in [0.15, 0.2) is 5.69 Å². The highest BCUT2D eigenvalue weighted by Gasteiger charge is 2.40. The summed E-state index contributed by atoms with van der Waals surface area (Å²) in [4.78, 5) is 14.7. The molecule has 2 aliphatic heterocycles. The minimum atomic E-state index is 0.00264. The van der Waals surface area contributed by atoms with E-state index < -0.39 is 0 Å². The third kappa shape index (κ3) is 3.04. The van der Waals surface area contributed by atoms with Gasteiger partial charge in [-0.3, -0.25) is 9.48 Å². The van der Waals surface area contributed by atoms with Gasteiger partial charge in [-0.2, -0.15) is 5.10 Å². The van der Waals surface area contributed by atoms with Crippen molar-refractivity contribution in [2.75, 3.05) is 26.2 Å². The van der Waals surface area contributed by atoms with Crippen molar-refractivity contribution in [3.8, 4) is 11.3 Å². The van der Waals surface area contributed by atoms with Gasteiger partial charge >= 0.3 is 0 Å². The van der Waals surface area contributed by atoms with Crippen LogP contribution in [-0.4, -0.2) is 57.0 Å². The number of carbonyl (C=O) groups excluding carboxylic acids is 1. The smallest absolute Gasteiger partial charge is 0.274 e. The maximum Gasteiger partial charge on any atom is 0.274 e. The molecule has 2 saturated heterocycles. The van der Waals surface area contributed by atoms with E-state index in [1.807, 2.05) is 21.7 Å². The van der Waals surface area contributed by atoms with Gasteiger partial charge in [-0.1, -0.05) is 0 Å². The van der Waals surface area contributed by atoms with Gasteiger partial charge in [0.25, 0.3) is 5.91 Å². The predicted molar refractivity (Wildman–Crippen MR) is 101 cm³/mol. The van der Waals surface area contributed by atoms with E-state index in [9.17, 15) is 4.79 Å². The number of nitrogens with one attached hydrogen (secondary N) is 1. The predicted octanol–water partition coefficient (Wildman–Crippen LogP) is 2.06. The van der Waals surface area contributed by atoms with Crippen molar-refractivity contribution in [3.05, 3.63) is 29.7 Å². The molecule has 3 aliphatic rings. The van der Waals surface area contributed by atoms with Crippen LogP contribution in [0.1, 0.15) is 54.7 Å². The van der Waals surface area contributed by atoms with Crippen LogP contribution in [0.25, 0.3) is 11.3 Å². The molecule has 2 aromatic heterocycles. The number of rotatable bonds is 4. The second kappa shape index (κ2) is 6.41. The molecule has 1 N–H and O–H groups in total. The molecule has 0 aromatic carbocycles. The van der Waals surface area contributed by atoms with Crippen LogP contribution in [0.4, 0.5) is 0 Å². The zero-order valence-corrected chi connectivity index (χ0v) is 15.8. The first-order chi connectivity index (χ1) is 13.2. The quantitative estimate of drug-likeness (QED) is 0.896. The Kier molecular flexibility index (Phi) is 4.00. The molecule has 27 heavy (non-hydrogen) atoms. The summed E-state index contributed by atoms with van der Waals surface area (Å²) < 4.78 is 1.96. The topological polar surface area (TPSA) is 75.9 Å². The molecule has 0 radical (unpaired) electrons. The summed E-state index contributed by atoms with van der Waals surface area (Å²) in [6.07, 6.45) is 6.61. The third-order valence-electron chi connectivity index (χ3n) is 6.35. The van der Waals surface area contributed by atoms with Crippen LogP contribution in [-0.2, 0) is 6.54 Å². The zero-order valence-electron chi connectivity index (χ0n) is 15.8. The number of amides is 1. The highest BCUT2D eigenvalue weighted by molar-refractivity contribution is 5.92. The molecular formula is C20H26N6O. The van der Waals surface area contributed by atoms with Crippen molar-refractivity contribution < 1.29 is 4.79 Å².